The van der Waals surface area contributed by atoms with Crippen molar-refractivity contribution in [1.29, 1.82) is 0 Å². The molecule has 0 N–H and O–H groups in total. The number of rotatable bonds is 5. The summed E-state index contributed by atoms with van der Waals surface area (Å²) in [6, 6.07) is 11.5. The quantitative estimate of drug-likeness (QED) is 0.626. The van der Waals surface area contributed by atoms with Crippen molar-refractivity contribution < 1.29 is 22.2 Å². The van der Waals surface area contributed by atoms with Gasteiger partial charge in [-0.2, -0.15) is 8.42 Å². The van der Waals surface area contributed by atoms with Crippen LogP contribution in [0.5, 0.6) is 5.75 Å². The van der Waals surface area contributed by atoms with Gasteiger partial charge in [-0.25, -0.2) is 0 Å². The van der Waals surface area contributed by atoms with Crippen molar-refractivity contribution in [3.05, 3.63) is 59.7 Å². The minimum Gasteiger partial charge on any atom is -0.379 e. The molecule has 0 aliphatic rings. The van der Waals surface area contributed by atoms with Crippen molar-refractivity contribution in [3.63, 3.8) is 0 Å². The van der Waals surface area contributed by atoms with Crippen LogP contribution in [-0.4, -0.2) is 20.0 Å². The molecule has 0 aliphatic heterocycles. The van der Waals surface area contributed by atoms with Gasteiger partial charge in [-0.3, -0.25) is 9.59 Å². The zero-order chi connectivity index (χ0) is 16.3. The molecule has 0 unspecified atom stereocenters. The fraction of sp³-hybridized carbons (Fsp3) is 0.125. The number of carbonyl (C=O) groups is 2. The van der Waals surface area contributed by atoms with Crippen LogP contribution in [0.1, 0.15) is 34.6 Å². The average molecular weight is 318 g/mol. The van der Waals surface area contributed by atoms with Gasteiger partial charge in [0.25, 0.3) is 0 Å². The van der Waals surface area contributed by atoms with Crippen LogP contribution in [0.3, 0.4) is 0 Å². The van der Waals surface area contributed by atoms with Crippen LogP contribution in [0, 0.1) is 0 Å². The Morgan fingerprint density at radius 1 is 0.864 bits per heavy atom. The van der Waals surface area contributed by atoms with Gasteiger partial charge in [0, 0.05) is 11.1 Å². The second-order valence-corrected chi connectivity index (χ2v) is 6.25. The van der Waals surface area contributed by atoms with Crippen LogP contribution >= 0.6 is 0 Å². The Hall–Kier alpha value is -2.47. The van der Waals surface area contributed by atoms with Gasteiger partial charge in [-0.1, -0.05) is 24.3 Å². The highest BCUT2D eigenvalue weighted by Crippen LogP contribution is 2.21. The van der Waals surface area contributed by atoms with E-state index in [1.807, 2.05) is 0 Å². The maximum atomic E-state index is 12.2. The predicted octanol–water partition coefficient (Wildman–Crippen LogP) is 2.86. The number of benzene rings is 2. The molecule has 22 heavy (non-hydrogen) atoms. The molecule has 6 heteroatoms. The van der Waals surface area contributed by atoms with E-state index in [0.717, 1.165) is 0 Å². The van der Waals surface area contributed by atoms with Crippen molar-refractivity contribution in [3.8, 4) is 5.75 Å². The van der Waals surface area contributed by atoms with Crippen molar-refractivity contribution in [2.45, 2.75) is 18.7 Å². The van der Waals surface area contributed by atoms with E-state index in [-0.39, 0.29) is 27.8 Å². The summed E-state index contributed by atoms with van der Waals surface area (Å²) in [7, 11) is -4.08. The highest BCUT2D eigenvalue weighted by molar-refractivity contribution is 7.87. The highest BCUT2D eigenvalue weighted by Gasteiger charge is 2.18. The third-order valence-corrected chi connectivity index (χ3v) is 4.22. The van der Waals surface area contributed by atoms with E-state index in [0.29, 0.717) is 5.56 Å². The molecule has 114 valence electrons. The number of carbonyl (C=O) groups excluding carboxylic acids is 2. The Morgan fingerprint density at radius 3 is 2.00 bits per heavy atom. The van der Waals surface area contributed by atoms with E-state index in [9.17, 15) is 18.0 Å². The van der Waals surface area contributed by atoms with Gasteiger partial charge >= 0.3 is 10.1 Å². The molecule has 2 aromatic rings. The molecular formula is C16H14O5S. The van der Waals surface area contributed by atoms with E-state index in [1.54, 1.807) is 6.07 Å². The van der Waals surface area contributed by atoms with Crippen LogP contribution in [-0.2, 0) is 10.1 Å². The summed E-state index contributed by atoms with van der Waals surface area (Å²) in [5.74, 6) is -0.391. The normalized spacial score (nSPS) is 11.0. The molecule has 0 aliphatic carbocycles. The molecule has 0 radical (unpaired) electrons. The van der Waals surface area contributed by atoms with Crippen molar-refractivity contribution in [1.82, 2.24) is 0 Å². The lowest BCUT2D eigenvalue weighted by Gasteiger charge is -2.08. The summed E-state index contributed by atoms with van der Waals surface area (Å²) in [5.41, 5.74) is 0.632. The first-order valence-corrected chi connectivity index (χ1v) is 7.87. The number of Topliss-reactive ketones (excluding diaryl/α,β-unsaturated/α-hetero) is 2. The second kappa shape index (κ2) is 6.11. The van der Waals surface area contributed by atoms with Gasteiger partial charge in [0.1, 0.15) is 10.6 Å². The molecule has 0 heterocycles. The molecular weight excluding hydrogens is 304 g/mol. The van der Waals surface area contributed by atoms with Gasteiger partial charge < -0.3 is 4.18 Å². The van der Waals surface area contributed by atoms with E-state index in [2.05, 4.69) is 0 Å². The van der Waals surface area contributed by atoms with Gasteiger partial charge in [-0.05, 0) is 38.1 Å². The minimum absolute atomic E-state index is 0.0425. The Bertz CT molecular complexity index is 837. The molecule has 0 saturated carbocycles. The third-order valence-electron chi connectivity index (χ3n) is 2.98. The zero-order valence-electron chi connectivity index (χ0n) is 12.1. The van der Waals surface area contributed by atoms with E-state index in [4.69, 9.17) is 4.18 Å². The Balaban J connectivity index is 2.35. The number of ketones is 2. The molecule has 0 saturated heterocycles. The smallest absolute Gasteiger partial charge is 0.339 e. The lowest BCUT2D eigenvalue weighted by molar-refractivity contribution is 0.100. The van der Waals surface area contributed by atoms with E-state index in [1.165, 1.54) is 56.3 Å². The van der Waals surface area contributed by atoms with Crippen LogP contribution in [0.2, 0.25) is 0 Å². The Kier molecular flexibility index (Phi) is 4.42. The van der Waals surface area contributed by atoms with Crippen LogP contribution in [0.15, 0.2) is 53.4 Å². The summed E-state index contributed by atoms with van der Waals surface area (Å²) in [6.45, 7) is 2.73. The molecule has 0 aromatic heterocycles. The number of hydrogen-bond acceptors (Lipinski definition) is 5. The first-order valence-electron chi connectivity index (χ1n) is 6.46. The second-order valence-electron chi connectivity index (χ2n) is 4.71. The molecule has 2 rings (SSSR count). The standard InChI is InChI=1S/C16H14O5S/c1-11(17)13-5-3-7-15(9-13)21-22(19,20)16-8-4-6-14(10-16)12(2)18/h3-10H,1-2H3. The summed E-state index contributed by atoms with van der Waals surface area (Å²) in [5, 5.41) is 0. The van der Waals surface area contributed by atoms with Crippen molar-refractivity contribution >= 4 is 21.7 Å². The molecule has 0 atom stereocenters. The lowest BCUT2D eigenvalue weighted by Crippen LogP contribution is -2.11. The molecule has 0 fully saturated rings. The van der Waals surface area contributed by atoms with Crippen LogP contribution in [0.25, 0.3) is 0 Å². The third kappa shape index (κ3) is 3.59. The molecule has 0 spiro atoms. The van der Waals surface area contributed by atoms with Crippen molar-refractivity contribution in [2.24, 2.45) is 0 Å². The Labute approximate surface area is 128 Å². The largest absolute Gasteiger partial charge is 0.379 e. The SMILES string of the molecule is CC(=O)c1cccc(OS(=O)(=O)c2cccc(C(C)=O)c2)c1. The predicted molar refractivity (Wildman–Crippen MR) is 80.7 cm³/mol. The van der Waals surface area contributed by atoms with E-state index >= 15 is 0 Å². The topological polar surface area (TPSA) is 77.5 Å². The minimum atomic E-state index is -4.08. The van der Waals surface area contributed by atoms with Crippen LogP contribution in [0.4, 0.5) is 0 Å². The van der Waals surface area contributed by atoms with Crippen molar-refractivity contribution in [2.75, 3.05) is 0 Å². The summed E-state index contributed by atoms with van der Waals surface area (Å²) < 4.78 is 29.5. The molecule has 0 bridgehead atoms. The fourth-order valence-electron chi connectivity index (χ4n) is 1.81. The fourth-order valence-corrected chi connectivity index (χ4v) is 2.78. The molecule has 5 nitrogen and oxygen atoms in total. The first-order chi connectivity index (χ1) is 10.3. The van der Waals surface area contributed by atoms with Gasteiger partial charge in [0.05, 0.1) is 0 Å². The first kappa shape index (κ1) is 15.9. The van der Waals surface area contributed by atoms with Gasteiger partial charge in [-0.15, -0.1) is 0 Å². The van der Waals surface area contributed by atoms with E-state index < -0.39 is 10.1 Å². The molecule has 0 amide bonds. The Morgan fingerprint density at radius 2 is 1.41 bits per heavy atom. The summed E-state index contributed by atoms with van der Waals surface area (Å²) in [4.78, 5) is 22.5. The maximum Gasteiger partial charge on any atom is 0.339 e. The van der Waals surface area contributed by atoms with Gasteiger partial charge in [0.15, 0.2) is 11.6 Å². The number of hydrogen-bond donors (Lipinski definition) is 0. The summed E-state index contributed by atoms with van der Waals surface area (Å²) >= 11 is 0. The monoisotopic (exact) mass is 318 g/mol. The van der Waals surface area contributed by atoms with Gasteiger partial charge in [0.2, 0.25) is 0 Å². The summed E-state index contributed by atoms with van der Waals surface area (Å²) in [6.07, 6.45) is 0. The lowest BCUT2D eigenvalue weighted by atomic mass is 10.1. The van der Waals surface area contributed by atoms with Crippen LogP contribution < -0.4 is 4.18 Å². The highest BCUT2D eigenvalue weighted by atomic mass is 32.2. The molecule has 2 aromatic carbocycles. The maximum absolute atomic E-state index is 12.2. The average Bonchev–Trinajstić information content (AvgIpc) is 2.47. The zero-order valence-corrected chi connectivity index (χ0v) is 12.9.